The first-order chi connectivity index (χ1) is 9.91. The van der Waals surface area contributed by atoms with E-state index in [4.69, 9.17) is 0 Å². The summed E-state index contributed by atoms with van der Waals surface area (Å²) in [6.07, 6.45) is 6.86. The van der Waals surface area contributed by atoms with Crippen molar-refractivity contribution in [3.8, 4) is 0 Å². The van der Waals surface area contributed by atoms with E-state index in [0.29, 0.717) is 12.8 Å². The molecule has 0 fully saturated rings. The molecule has 0 amide bonds. The molecule has 0 heterocycles. The Bertz CT molecular complexity index is 457. The first kappa shape index (κ1) is 18.4. The van der Waals surface area contributed by atoms with Crippen molar-refractivity contribution < 1.29 is 14.4 Å². The van der Waals surface area contributed by atoms with E-state index in [1.807, 2.05) is 38.1 Å². The van der Waals surface area contributed by atoms with Gasteiger partial charge < -0.3 is 9.79 Å². The molecule has 0 spiro atoms. The highest BCUT2D eigenvalue weighted by Crippen LogP contribution is 2.60. The van der Waals surface area contributed by atoms with E-state index in [9.17, 15) is 14.4 Å². The van der Waals surface area contributed by atoms with E-state index in [2.05, 4.69) is 6.92 Å². The zero-order valence-electron chi connectivity index (χ0n) is 13.5. The minimum atomic E-state index is -4.17. The molecule has 4 heteroatoms. The molecule has 0 saturated heterocycles. The molecule has 21 heavy (non-hydrogen) atoms. The van der Waals surface area contributed by atoms with Crippen LogP contribution in [0.5, 0.6) is 0 Å². The molecular formula is C17H29O3P. The summed E-state index contributed by atoms with van der Waals surface area (Å²) in [6.45, 7) is 5.90. The van der Waals surface area contributed by atoms with Crippen molar-refractivity contribution in [2.24, 2.45) is 0 Å². The van der Waals surface area contributed by atoms with Crippen LogP contribution in [0.25, 0.3) is 0 Å². The minimum absolute atomic E-state index is 0.448. The van der Waals surface area contributed by atoms with Crippen LogP contribution in [0.3, 0.4) is 0 Å². The average molecular weight is 312 g/mol. The molecule has 1 rings (SSSR count). The Morgan fingerprint density at radius 2 is 1.52 bits per heavy atom. The van der Waals surface area contributed by atoms with Crippen LogP contribution in [0.4, 0.5) is 0 Å². The van der Waals surface area contributed by atoms with E-state index in [1.54, 1.807) is 0 Å². The summed E-state index contributed by atoms with van der Waals surface area (Å²) >= 11 is 0. The molecule has 0 aromatic heterocycles. The number of rotatable bonds is 9. The van der Waals surface area contributed by atoms with Gasteiger partial charge in [-0.1, -0.05) is 64.3 Å². The Hall–Kier alpha value is -0.630. The smallest absolute Gasteiger partial charge is 0.324 e. The van der Waals surface area contributed by atoms with Gasteiger partial charge in [0.1, 0.15) is 0 Å². The van der Waals surface area contributed by atoms with Crippen molar-refractivity contribution in [1.82, 2.24) is 0 Å². The predicted octanol–water partition coefficient (Wildman–Crippen LogP) is 5.00. The molecule has 1 aromatic rings. The Labute approximate surface area is 128 Å². The van der Waals surface area contributed by atoms with Gasteiger partial charge in [-0.05, 0) is 36.8 Å². The van der Waals surface area contributed by atoms with Crippen LogP contribution in [0.15, 0.2) is 24.3 Å². The van der Waals surface area contributed by atoms with Gasteiger partial charge in [0, 0.05) is 0 Å². The summed E-state index contributed by atoms with van der Waals surface area (Å²) in [5, 5.41) is -1.03. The minimum Gasteiger partial charge on any atom is -0.324 e. The number of hydrogen-bond acceptors (Lipinski definition) is 1. The molecule has 0 aliphatic rings. The second kappa shape index (κ2) is 8.12. The molecule has 0 saturated carbocycles. The Morgan fingerprint density at radius 3 is 1.95 bits per heavy atom. The average Bonchev–Trinajstić information content (AvgIpc) is 2.45. The van der Waals surface area contributed by atoms with Crippen molar-refractivity contribution in [3.63, 3.8) is 0 Å². The number of unbranched alkanes of at least 4 members (excludes halogenated alkanes) is 3. The lowest BCUT2D eigenvalue weighted by molar-refractivity contribution is 0.315. The van der Waals surface area contributed by atoms with Crippen LogP contribution in [0.2, 0.25) is 0 Å². The van der Waals surface area contributed by atoms with Gasteiger partial charge in [-0.3, -0.25) is 4.57 Å². The summed E-state index contributed by atoms with van der Waals surface area (Å²) < 4.78 is 11.9. The van der Waals surface area contributed by atoms with Gasteiger partial charge in [-0.15, -0.1) is 0 Å². The van der Waals surface area contributed by atoms with Gasteiger partial charge in [-0.2, -0.15) is 0 Å². The van der Waals surface area contributed by atoms with E-state index in [-0.39, 0.29) is 0 Å². The fourth-order valence-electron chi connectivity index (χ4n) is 2.98. The maximum absolute atomic E-state index is 11.9. The molecule has 2 N–H and O–H groups in total. The van der Waals surface area contributed by atoms with Crippen LogP contribution in [0, 0.1) is 0 Å². The molecule has 0 bridgehead atoms. The number of aryl methyl sites for hydroxylation is 1. The van der Waals surface area contributed by atoms with Crippen LogP contribution < -0.4 is 0 Å². The molecule has 0 unspecified atom stereocenters. The molecule has 0 aliphatic heterocycles. The lowest BCUT2D eigenvalue weighted by atomic mass is 9.91. The van der Waals surface area contributed by atoms with Crippen molar-refractivity contribution in [3.05, 3.63) is 35.4 Å². The molecule has 120 valence electrons. The predicted molar refractivity (Wildman–Crippen MR) is 88.6 cm³/mol. The lowest BCUT2D eigenvalue weighted by Gasteiger charge is -2.33. The van der Waals surface area contributed by atoms with Gasteiger partial charge in [0.05, 0.1) is 5.16 Å². The lowest BCUT2D eigenvalue weighted by Crippen LogP contribution is -2.24. The second-order valence-corrected chi connectivity index (χ2v) is 7.73. The highest BCUT2D eigenvalue weighted by molar-refractivity contribution is 7.53. The maximum atomic E-state index is 11.9. The molecular weight excluding hydrogens is 283 g/mol. The third-order valence-electron chi connectivity index (χ3n) is 4.54. The van der Waals surface area contributed by atoms with E-state index >= 15 is 0 Å². The van der Waals surface area contributed by atoms with Gasteiger partial charge in [0.15, 0.2) is 0 Å². The van der Waals surface area contributed by atoms with Gasteiger partial charge in [0.25, 0.3) is 0 Å². The normalized spacial score (nSPS) is 12.6. The summed E-state index contributed by atoms with van der Waals surface area (Å²) in [5.41, 5.74) is 2.01. The van der Waals surface area contributed by atoms with Crippen LogP contribution in [0.1, 0.15) is 70.4 Å². The van der Waals surface area contributed by atoms with E-state index in [1.165, 1.54) is 31.2 Å². The maximum Gasteiger partial charge on any atom is 0.335 e. The first-order valence-electron chi connectivity index (χ1n) is 8.06. The first-order valence-corrected chi connectivity index (χ1v) is 9.67. The third kappa shape index (κ3) is 4.42. The zero-order chi connectivity index (χ0) is 15.9. The number of hydrogen-bond donors (Lipinski definition) is 2. The molecule has 1 aromatic carbocycles. The fraction of sp³-hybridized carbons (Fsp3) is 0.647. The topological polar surface area (TPSA) is 57.5 Å². The standard InChI is InChI=1S/C17H29O3P/c1-4-7-8-9-10-15-11-13-16(14-12-15)17(5-2,6-3)21(18,19)20/h11-14H,4-10H2,1-3H3,(H2,18,19,20). The third-order valence-corrected chi connectivity index (χ3v) is 6.54. The highest BCUT2D eigenvalue weighted by atomic mass is 31.2. The van der Waals surface area contributed by atoms with Crippen LogP contribution in [-0.4, -0.2) is 9.79 Å². The van der Waals surface area contributed by atoms with Gasteiger partial charge in [0.2, 0.25) is 0 Å². The SMILES string of the molecule is CCCCCCc1ccc(C(CC)(CC)P(=O)(O)O)cc1. The molecule has 3 nitrogen and oxygen atoms in total. The monoisotopic (exact) mass is 312 g/mol. The van der Waals surface area contributed by atoms with Crippen LogP contribution >= 0.6 is 7.60 Å². The zero-order valence-corrected chi connectivity index (χ0v) is 14.4. The van der Waals surface area contributed by atoms with E-state index < -0.39 is 12.8 Å². The number of benzene rings is 1. The summed E-state index contributed by atoms with van der Waals surface area (Å²) in [5.74, 6) is 0. The Balaban J connectivity index is 2.87. The van der Waals surface area contributed by atoms with Crippen molar-refractivity contribution >= 4 is 7.60 Å². The molecule has 0 radical (unpaired) electrons. The van der Waals surface area contributed by atoms with Crippen LogP contribution in [-0.2, 0) is 16.1 Å². The molecule has 0 aliphatic carbocycles. The fourth-order valence-corrected chi connectivity index (χ4v) is 4.29. The highest BCUT2D eigenvalue weighted by Gasteiger charge is 2.45. The Kier molecular flexibility index (Phi) is 7.12. The van der Waals surface area contributed by atoms with Crippen molar-refractivity contribution in [2.45, 2.75) is 70.9 Å². The summed E-state index contributed by atoms with van der Waals surface area (Å²) in [7, 11) is -4.17. The second-order valence-electron chi connectivity index (χ2n) is 5.79. The van der Waals surface area contributed by atoms with Gasteiger partial charge in [-0.25, -0.2) is 0 Å². The van der Waals surface area contributed by atoms with E-state index in [0.717, 1.165) is 12.0 Å². The largest absolute Gasteiger partial charge is 0.335 e. The molecule has 0 atom stereocenters. The Morgan fingerprint density at radius 1 is 0.952 bits per heavy atom. The van der Waals surface area contributed by atoms with Crippen molar-refractivity contribution in [2.75, 3.05) is 0 Å². The quantitative estimate of drug-likeness (QED) is 0.498. The van der Waals surface area contributed by atoms with Crippen molar-refractivity contribution in [1.29, 1.82) is 0 Å². The summed E-state index contributed by atoms with van der Waals surface area (Å²) in [4.78, 5) is 19.5. The van der Waals surface area contributed by atoms with Gasteiger partial charge >= 0.3 is 7.60 Å². The summed E-state index contributed by atoms with van der Waals surface area (Å²) in [6, 6.07) is 7.86.